The average Bonchev–Trinajstić information content (AvgIpc) is 2.77. The van der Waals surface area contributed by atoms with Crippen LogP contribution in [-0.4, -0.2) is 27.9 Å². The lowest BCUT2D eigenvalue weighted by molar-refractivity contribution is 0.0946. The molecule has 3 rings (SSSR count). The number of nitrogens with zero attached hydrogens (tertiary/aromatic N) is 2. The van der Waals surface area contributed by atoms with Gasteiger partial charge in [0.15, 0.2) is 11.6 Å². The molecule has 0 radical (unpaired) electrons. The van der Waals surface area contributed by atoms with Crippen LogP contribution in [0.25, 0.3) is 11.0 Å². The highest BCUT2D eigenvalue weighted by molar-refractivity contribution is 5.96. The predicted molar refractivity (Wildman–Crippen MR) is 79.9 cm³/mol. The largest absolute Gasteiger partial charge is 0.325 e. The summed E-state index contributed by atoms with van der Waals surface area (Å²) in [6.45, 7) is 3.27. The van der Waals surface area contributed by atoms with Gasteiger partial charge in [-0.3, -0.25) is 4.79 Å². The fraction of sp³-hybridized carbons (Fsp3) is 0.500. The smallest absolute Gasteiger partial charge is 0.199 e. The number of carbonyl (C=O) groups excluding carboxylic acids is 1. The standard InChI is InChI=1S/C16H21N3O/c1-11-7-8-17-12(9-11)10-15(20)16-18-13-5-3-4-6-14(13)19(16)2/h3-6,11-12,17H,7-10H2,1-2H3. The first-order chi connectivity index (χ1) is 9.65. The van der Waals surface area contributed by atoms with Crippen molar-refractivity contribution >= 4 is 16.8 Å². The van der Waals surface area contributed by atoms with E-state index in [1.54, 1.807) is 0 Å². The van der Waals surface area contributed by atoms with Gasteiger partial charge in [0.05, 0.1) is 11.0 Å². The van der Waals surface area contributed by atoms with Gasteiger partial charge in [0.25, 0.3) is 0 Å². The van der Waals surface area contributed by atoms with Gasteiger partial charge < -0.3 is 9.88 Å². The number of nitrogens with one attached hydrogen (secondary N) is 1. The van der Waals surface area contributed by atoms with Crippen molar-refractivity contribution in [2.24, 2.45) is 13.0 Å². The fourth-order valence-electron chi connectivity index (χ4n) is 3.09. The first kappa shape index (κ1) is 13.3. The molecule has 1 aromatic heterocycles. The topological polar surface area (TPSA) is 46.9 Å². The molecular weight excluding hydrogens is 250 g/mol. The van der Waals surface area contributed by atoms with Crippen LogP contribution in [0.3, 0.4) is 0 Å². The number of aromatic nitrogens is 2. The maximum absolute atomic E-state index is 12.5. The van der Waals surface area contributed by atoms with E-state index in [2.05, 4.69) is 17.2 Å². The van der Waals surface area contributed by atoms with E-state index in [0.29, 0.717) is 24.2 Å². The van der Waals surface area contributed by atoms with Crippen molar-refractivity contribution in [2.45, 2.75) is 32.2 Å². The van der Waals surface area contributed by atoms with Gasteiger partial charge in [0.2, 0.25) is 0 Å². The highest BCUT2D eigenvalue weighted by Crippen LogP contribution is 2.20. The summed E-state index contributed by atoms with van der Waals surface area (Å²) in [4.78, 5) is 17.0. The van der Waals surface area contributed by atoms with E-state index in [4.69, 9.17) is 0 Å². The van der Waals surface area contributed by atoms with E-state index in [0.717, 1.165) is 24.0 Å². The van der Waals surface area contributed by atoms with Gasteiger partial charge in [-0.2, -0.15) is 0 Å². The number of aryl methyl sites for hydroxylation is 1. The molecule has 0 spiro atoms. The molecule has 1 aliphatic rings. The van der Waals surface area contributed by atoms with Gasteiger partial charge in [0.1, 0.15) is 0 Å². The molecule has 0 saturated carbocycles. The van der Waals surface area contributed by atoms with Crippen molar-refractivity contribution in [1.82, 2.24) is 14.9 Å². The zero-order valence-electron chi connectivity index (χ0n) is 12.1. The van der Waals surface area contributed by atoms with Crippen molar-refractivity contribution in [1.29, 1.82) is 0 Å². The van der Waals surface area contributed by atoms with Crippen LogP contribution in [-0.2, 0) is 7.05 Å². The van der Waals surface area contributed by atoms with Gasteiger partial charge in [-0.15, -0.1) is 0 Å². The van der Waals surface area contributed by atoms with Crippen LogP contribution < -0.4 is 5.32 Å². The minimum Gasteiger partial charge on any atom is -0.325 e. The number of hydrogen-bond donors (Lipinski definition) is 1. The van der Waals surface area contributed by atoms with Gasteiger partial charge >= 0.3 is 0 Å². The van der Waals surface area contributed by atoms with Gasteiger partial charge in [-0.05, 0) is 37.4 Å². The lowest BCUT2D eigenvalue weighted by Crippen LogP contribution is -2.39. The maximum Gasteiger partial charge on any atom is 0.199 e. The zero-order valence-corrected chi connectivity index (χ0v) is 12.1. The molecule has 2 aromatic rings. The van der Waals surface area contributed by atoms with Crippen molar-refractivity contribution in [3.8, 4) is 0 Å². The van der Waals surface area contributed by atoms with Crippen LogP contribution in [0.4, 0.5) is 0 Å². The Morgan fingerprint density at radius 1 is 1.45 bits per heavy atom. The predicted octanol–water partition coefficient (Wildman–Crippen LogP) is 2.53. The third kappa shape index (κ3) is 2.48. The molecule has 4 nitrogen and oxygen atoms in total. The fourth-order valence-corrected chi connectivity index (χ4v) is 3.09. The maximum atomic E-state index is 12.5. The molecule has 0 aliphatic carbocycles. The first-order valence-corrected chi connectivity index (χ1v) is 7.33. The molecule has 2 heterocycles. The highest BCUT2D eigenvalue weighted by atomic mass is 16.1. The summed E-state index contributed by atoms with van der Waals surface area (Å²) < 4.78 is 1.91. The Hall–Kier alpha value is -1.68. The molecule has 1 saturated heterocycles. The second kappa shape index (κ2) is 5.37. The quantitative estimate of drug-likeness (QED) is 0.873. The molecule has 4 heteroatoms. The van der Waals surface area contributed by atoms with Crippen LogP contribution in [0.5, 0.6) is 0 Å². The SMILES string of the molecule is CC1CCNC(CC(=O)c2nc3ccccc3n2C)C1. The Morgan fingerprint density at radius 3 is 3.00 bits per heavy atom. The van der Waals surface area contributed by atoms with E-state index < -0.39 is 0 Å². The number of carbonyl (C=O) groups is 1. The normalized spacial score (nSPS) is 23.1. The van der Waals surface area contributed by atoms with Crippen molar-refractivity contribution in [3.05, 3.63) is 30.1 Å². The first-order valence-electron chi connectivity index (χ1n) is 7.33. The Bertz CT molecular complexity index is 632. The minimum absolute atomic E-state index is 0.135. The number of ketones is 1. The molecule has 2 atom stereocenters. The third-order valence-corrected chi connectivity index (χ3v) is 4.23. The Balaban J connectivity index is 1.80. The number of para-hydroxylation sites is 2. The van der Waals surface area contributed by atoms with Crippen molar-refractivity contribution < 1.29 is 4.79 Å². The van der Waals surface area contributed by atoms with E-state index in [9.17, 15) is 4.79 Å². The molecule has 0 amide bonds. The lowest BCUT2D eigenvalue weighted by Gasteiger charge is -2.27. The number of benzene rings is 1. The van der Waals surface area contributed by atoms with E-state index >= 15 is 0 Å². The molecule has 20 heavy (non-hydrogen) atoms. The van der Waals surface area contributed by atoms with Crippen LogP contribution in [0.15, 0.2) is 24.3 Å². The van der Waals surface area contributed by atoms with E-state index in [1.807, 2.05) is 35.9 Å². The van der Waals surface area contributed by atoms with Crippen LogP contribution in [0.2, 0.25) is 0 Å². The van der Waals surface area contributed by atoms with Gasteiger partial charge in [-0.25, -0.2) is 4.98 Å². The Kier molecular flexibility index (Phi) is 3.57. The Morgan fingerprint density at radius 2 is 2.25 bits per heavy atom. The second-order valence-electron chi connectivity index (χ2n) is 5.89. The number of piperidine rings is 1. The molecular formula is C16H21N3O. The molecule has 0 bridgehead atoms. The summed E-state index contributed by atoms with van der Waals surface area (Å²) in [6, 6.07) is 8.18. The number of imidazole rings is 1. The van der Waals surface area contributed by atoms with Crippen LogP contribution in [0, 0.1) is 5.92 Å². The number of hydrogen-bond acceptors (Lipinski definition) is 3. The zero-order chi connectivity index (χ0) is 14.1. The minimum atomic E-state index is 0.135. The molecule has 1 N–H and O–H groups in total. The summed E-state index contributed by atoms with van der Waals surface area (Å²) in [5.74, 6) is 1.41. The molecule has 1 aliphatic heterocycles. The molecule has 1 aromatic carbocycles. The molecule has 2 unspecified atom stereocenters. The summed E-state index contributed by atoms with van der Waals surface area (Å²) in [5.41, 5.74) is 1.91. The van der Waals surface area contributed by atoms with Crippen molar-refractivity contribution in [2.75, 3.05) is 6.54 Å². The highest BCUT2D eigenvalue weighted by Gasteiger charge is 2.23. The third-order valence-electron chi connectivity index (χ3n) is 4.23. The van der Waals surface area contributed by atoms with Crippen molar-refractivity contribution in [3.63, 3.8) is 0 Å². The lowest BCUT2D eigenvalue weighted by atomic mass is 9.91. The summed E-state index contributed by atoms with van der Waals surface area (Å²) in [5, 5.41) is 3.45. The monoisotopic (exact) mass is 271 g/mol. The van der Waals surface area contributed by atoms with Gasteiger partial charge in [-0.1, -0.05) is 19.1 Å². The summed E-state index contributed by atoms with van der Waals surface area (Å²) in [7, 11) is 1.92. The summed E-state index contributed by atoms with van der Waals surface area (Å²) >= 11 is 0. The number of fused-ring (bicyclic) bond motifs is 1. The van der Waals surface area contributed by atoms with E-state index in [-0.39, 0.29) is 5.78 Å². The average molecular weight is 271 g/mol. The van der Waals surface area contributed by atoms with Crippen LogP contribution in [0.1, 0.15) is 36.8 Å². The van der Waals surface area contributed by atoms with Crippen LogP contribution >= 0.6 is 0 Å². The van der Waals surface area contributed by atoms with E-state index in [1.165, 1.54) is 6.42 Å². The Labute approximate surface area is 119 Å². The molecule has 1 fully saturated rings. The number of Topliss-reactive ketones (excluding diaryl/α,β-unsaturated/α-hetero) is 1. The summed E-state index contributed by atoms with van der Waals surface area (Å²) in [6.07, 6.45) is 2.83. The van der Waals surface area contributed by atoms with Gasteiger partial charge in [0, 0.05) is 19.5 Å². The second-order valence-corrected chi connectivity index (χ2v) is 5.89. The number of rotatable bonds is 3. The molecule has 106 valence electrons.